The van der Waals surface area contributed by atoms with Gasteiger partial charge >= 0.3 is 0 Å². The standard InChI is InChI=1S/C25H25N5O3/c1-14(2)23(25(33)28-17-10-8-16(9-11-17)27-15(3)31)30-24(32)21-12-19-18-6-4-5-7-20(18)29-22(19)13-26-21/h4-14,23,29H,1-3H3,(H,27,31)(H,28,33)(H,30,32). The molecular weight excluding hydrogens is 418 g/mol. The lowest BCUT2D eigenvalue weighted by molar-refractivity contribution is -0.119. The summed E-state index contributed by atoms with van der Waals surface area (Å²) in [5.41, 5.74) is 3.25. The summed E-state index contributed by atoms with van der Waals surface area (Å²) < 4.78 is 0. The number of benzene rings is 2. The number of carbonyl (C=O) groups excluding carboxylic acids is 3. The Balaban J connectivity index is 1.50. The number of amides is 3. The molecule has 3 amide bonds. The van der Waals surface area contributed by atoms with Crippen LogP contribution in [0.15, 0.2) is 60.8 Å². The van der Waals surface area contributed by atoms with Crippen molar-refractivity contribution in [3.05, 3.63) is 66.5 Å². The third kappa shape index (κ3) is 4.85. The summed E-state index contributed by atoms with van der Waals surface area (Å²) in [5.74, 6) is -1.07. The highest BCUT2D eigenvalue weighted by Gasteiger charge is 2.25. The van der Waals surface area contributed by atoms with Gasteiger partial charge in [-0.2, -0.15) is 0 Å². The topological polar surface area (TPSA) is 116 Å². The van der Waals surface area contributed by atoms with Crippen molar-refractivity contribution in [3.63, 3.8) is 0 Å². The molecule has 0 aliphatic heterocycles. The van der Waals surface area contributed by atoms with E-state index in [0.29, 0.717) is 11.4 Å². The van der Waals surface area contributed by atoms with Gasteiger partial charge in [0.05, 0.1) is 11.7 Å². The maximum atomic E-state index is 13.0. The van der Waals surface area contributed by atoms with Gasteiger partial charge in [-0.15, -0.1) is 0 Å². The second-order valence-corrected chi connectivity index (χ2v) is 8.23. The Hall–Kier alpha value is -4.20. The zero-order chi connectivity index (χ0) is 23.5. The van der Waals surface area contributed by atoms with Gasteiger partial charge in [0.25, 0.3) is 5.91 Å². The van der Waals surface area contributed by atoms with E-state index in [9.17, 15) is 14.4 Å². The number of nitrogens with zero attached hydrogens (tertiary/aromatic N) is 1. The van der Waals surface area contributed by atoms with Gasteiger partial charge in [-0.25, -0.2) is 4.98 Å². The predicted octanol–water partition coefficient (Wildman–Crippen LogP) is 4.07. The molecule has 4 N–H and O–H groups in total. The van der Waals surface area contributed by atoms with Crippen LogP contribution in [0.2, 0.25) is 0 Å². The predicted molar refractivity (Wildman–Crippen MR) is 129 cm³/mol. The van der Waals surface area contributed by atoms with Crippen LogP contribution in [0.3, 0.4) is 0 Å². The number of anilines is 2. The minimum atomic E-state index is -0.756. The van der Waals surface area contributed by atoms with Crippen molar-refractivity contribution in [2.24, 2.45) is 5.92 Å². The lowest BCUT2D eigenvalue weighted by Gasteiger charge is -2.21. The zero-order valence-corrected chi connectivity index (χ0v) is 18.6. The monoisotopic (exact) mass is 443 g/mol. The number of rotatable bonds is 6. The smallest absolute Gasteiger partial charge is 0.270 e. The third-order valence-electron chi connectivity index (χ3n) is 5.33. The van der Waals surface area contributed by atoms with E-state index in [1.165, 1.54) is 6.92 Å². The minimum Gasteiger partial charge on any atom is -0.353 e. The van der Waals surface area contributed by atoms with Crippen LogP contribution in [0.5, 0.6) is 0 Å². The highest BCUT2D eigenvalue weighted by atomic mass is 16.2. The Kier molecular flexibility index (Phi) is 6.08. The van der Waals surface area contributed by atoms with Crippen LogP contribution < -0.4 is 16.0 Å². The van der Waals surface area contributed by atoms with Crippen LogP contribution in [0.4, 0.5) is 11.4 Å². The first kappa shape index (κ1) is 22.0. The Morgan fingerprint density at radius 3 is 2.21 bits per heavy atom. The van der Waals surface area contributed by atoms with Crippen molar-refractivity contribution in [3.8, 4) is 0 Å². The van der Waals surface area contributed by atoms with Gasteiger partial charge in [0, 0.05) is 34.6 Å². The Morgan fingerprint density at radius 2 is 1.55 bits per heavy atom. The fourth-order valence-electron chi connectivity index (χ4n) is 3.68. The van der Waals surface area contributed by atoms with E-state index in [1.807, 2.05) is 38.1 Å². The second-order valence-electron chi connectivity index (χ2n) is 8.23. The lowest BCUT2D eigenvalue weighted by Crippen LogP contribution is -2.47. The normalized spacial score (nSPS) is 12.0. The van der Waals surface area contributed by atoms with Crippen molar-refractivity contribution in [1.82, 2.24) is 15.3 Å². The summed E-state index contributed by atoms with van der Waals surface area (Å²) in [5, 5.41) is 10.2. The second kappa shape index (κ2) is 9.12. The Bertz CT molecular complexity index is 1340. The zero-order valence-electron chi connectivity index (χ0n) is 18.6. The van der Waals surface area contributed by atoms with Crippen molar-refractivity contribution in [2.75, 3.05) is 10.6 Å². The van der Waals surface area contributed by atoms with Gasteiger partial charge < -0.3 is 20.9 Å². The maximum Gasteiger partial charge on any atom is 0.270 e. The number of aromatic amines is 1. The molecule has 0 fully saturated rings. The first-order valence-corrected chi connectivity index (χ1v) is 10.7. The average Bonchev–Trinajstić information content (AvgIpc) is 3.16. The van der Waals surface area contributed by atoms with Gasteiger partial charge in [0.2, 0.25) is 11.8 Å². The van der Waals surface area contributed by atoms with Gasteiger partial charge in [-0.05, 0) is 42.3 Å². The van der Waals surface area contributed by atoms with Crippen molar-refractivity contribution in [2.45, 2.75) is 26.8 Å². The number of carbonyl (C=O) groups is 3. The molecule has 0 aliphatic carbocycles. The first-order chi connectivity index (χ1) is 15.8. The first-order valence-electron chi connectivity index (χ1n) is 10.7. The molecule has 2 aromatic heterocycles. The van der Waals surface area contributed by atoms with E-state index in [1.54, 1.807) is 36.5 Å². The van der Waals surface area contributed by atoms with Crippen molar-refractivity contribution >= 4 is 50.9 Å². The van der Waals surface area contributed by atoms with E-state index in [4.69, 9.17) is 0 Å². The summed E-state index contributed by atoms with van der Waals surface area (Å²) in [4.78, 5) is 44.6. The van der Waals surface area contributed by atoms with Crippen LogP contribution in [-0.4, -0.2) is 33.7 Å². The number of nitrogens with one attached hydrogen (secondary N) is 4. The van der Waals surface area contributed by atoms with Gasteiger partial charge in [-0.3, -0.25) is 14.4 Å². The summed E-state index contributed by atoms with van der Waals surface area (Å²) in [6.45, 7) is 5.15. The fourth-order valence-corrected chi connectivity index (χ4v) is 3.68. The highest BCUT2D eigenvalue weighted by molar-refractivity contribution is 6.09. The number of H-pyrrole nitrogens is 1. The van der Waals surface area contributed by atoms with E-state index in [2.05, 4.69) is 25.9 Å². The maximum absolute atomic E-state index is 13.0. The molecular formula is C25H25N5O3. The van der Waals surface area contributed by atoms with E-state index >= 15 is 0 Å². The summed E-state index contributed by atoms with van der Waals surface area (Å²) >= 11 is 0. The fraction of sp³-hybridized carbons (Fsp3) is 0.200. The molecule has 33 heavy (non-hydrogen) atoms. The van der Waals surface area contributed by atoms with Crippen LogP contribution in [0.1, 0.15) is 31.3 Å². The van der Waals surface area contributed by atoms with Gasteiger partial charge in [-0.1, -0.05) is 32.0 Å². The number of fused-ring (bicyclic) bond motifs is 3. The molecule has 4 aromatic rings. The van der Waals surface area contributed by atoms with E-state index in [0.717, 1.165) is 21.8 Å². The Morgan fingerprint density at radius 1 is 0.879 bits per heavy atom. The summed E-state index contributed by atoms with van der Waals surface area (Å²) in [6, 6.07) is 15.6. The number of aromatic nitrogens is 2. The summed E-state index contributed by atoms with van der Waals surface area (Å²) in [6.07, 6.45) is 1.63. The molecule has 0 saturated heterocycles. The highest BCUT2D eigenvalue weighted by Crippen LogP contribution is 2.25. The average molecular weight is 444 g/mol. The third-order valence-corrected chi connectivity index (χ3v) is 5.33. The molecule has 8 nitrogen and oxygen atoms in total. The quantitative estimate of drug-likeness (QED) is 0.359. The van der Waals surface area contributed by atoms with Gasteiger partial charge in [0.15, 0.2) is 0 Å². The van der Waals surface area contributed by atoms with E-state index in [-0.39, 0.29) is 23.4 Å². The number of pyridine rings is 1. The molecule has 0 radical (unpaired) electrons. The molecule has 2 aromatic carbocycles. The molecule has 0 aliphatic rings. The van der Waals surface area contributed by atoms with Crippen LogP contribution in [-0.2, 0) is 9.59 Å². The molecule has 8 heteroatoms. The lowest BCUT2D eigenvalue weighted by atomic mass is 10.0. The van der Waals surface area contributed by atoms with Crippen molar-refractivity contribution in [1.29, 1.82) is 0 Å². The minimum absolute atomic E-state index is 0.149. The van der Waals surface area contributed by atoms with Crippen molar-refractivity contribution < 1.29 is 14.4 Å². The molecule has 0 bridgehead atoms. The van der Waals surface area contributed by atoms with Gasteiger partial charge in [0.1, 0.15) is 11.7 Å². The number of hydrogen-bond donors (Lipinski definition) is 4. The van der Waals surface area contributed by atoms with Crippen LogP contribution in [0.25, 0.3) is 21.8 Å². The largest absolute Gasteiger partial charge is 0.353 e. The van der Waals surface area contributed by atoms with Crippen LogP contribution >= 0.6 is 0 Å². The summed E-state index contributed by atoms with van der Waals surface area (Å²) in [7, 11) is 0. The molecule has 1 atom stereocenters. The molecule has 0 saturated carbocycles. The molecule has 168 valence electrons. The Labute approximate surface area is 190 Å². The molecule has 2 heterocycles. The SMILES string of the molecule is CC(=O)Nc1ccc(NC(=O)C(NC(=O)c2cc3c(cn2)[nH]c2ccccc23)C(C)C)cc1. The van der Waals surface area contributed by atoms with E-state index < -0.39 is 11.9 Å². The number of para-hydroxylation sites is 1. The molecule has 4 rings (SSSR count). The number of hydrogen-bond acceptors (Lipinski definition) is 4. The van der Waals surface area contributed by atoms with Crippen LogP contribution in [0, 0.1) is 5.92 Å². The molecule has 1 unspecified atom stereocenters. The molecule has 0 spiro atoms.